The number of hydrogen-bond acceptors (Lipinski definition) is 3. The molecule has 0 unspecified atom stereocenters. The van der Waals surface area contributed by atoms with Crippen LogP contribution in [0.4, 0.5) is 13.2 Å². The maximum atomic E-state index is 12.5. The van der Waals surface area contributed by atoms with E-state index in [1.54, 1.807) is 12.1 Å². The van der Waals surface area contributed by atoms with Crippen LogP contribution >= 0.6 is 0 Å². The Morgan fingerprint density at radius 1 is 1.11 bits per heavy atom. The molecule has 1 N–H and O–H groups in total. The topological polar surface area (TPSA) is 47.6 Å². The number of hydrogen-bond donors (Lipinski definition) is 1. The van der Waals surface area contributed by atoms with E-state index < -0.39 is 11.7 Å². The van der Waals surface area contributed by atoms with Crippen molar-refractivity contribution in [3.63, 3.8) is 0 Å². The predicted octanol–water partition coefficient (Wildman–Crippen LogP) is 4.18. The number of carbonyl (C=O) groups excluding carboxylic acids is 1. The van der Waals surface area contributed by atoms with Gasteiger partial charge in [-0.25, -0.2) is 0 Å². The molecule has 0 aliphatic heterocycles. The summed E-state index contributed by atoms with van der Waals surface area (Å²) in [6.45, 7) is 3.79. The van der Waals surface area contributed by atoms with Crippen LogP contribution < -0.4 is 14.8 Å². The van der Waals surface area contributed by atoms with Crippen molar-refractivity contribution in [2.75, 3.05) is 20.3 Å². The molecule has 0 heterocycles. The third kappa shape index (κ3) is 6.33. The minimum absolute atomic E-state index is 0.190. The van der Waals surface area contributed by atoms with E-state index in [-0.39, 0.29) is 12.5 Å². The highest BCUT2D eigenvalue weighted by molar-refractivity contribution is 5.77. The van der Waals surface area contributed by atoms with Gasteiger partial charge in [-0.1, -0.05) is 24.3 Å². The molecule has 2 aromatic rings. The van der Waals surface area contributed by atoms with E-state index in [2.05, 4.69) is 11.9 Å². The Morgan fingerprint density at radius 3 is 2.39 bits per heavy atom. The average Bonchev–Trinajstić information content (AvgIpc) is 2.67. The van der Waals surface area contributed by atoms with Crippen molar-refractivity contribution in [2.24, 2.45) is 0 Å². The molecule has 28 heavy (non-hydrogen) atoms. The summed E-state index contributed by atoms with van der Waals surface area (Å²) in [5.74, 6) is 0.647. The van der Waals surface area contributed by atoms with Gasteiger partial charge >= 0.3 is 6.18 Å². The summed E-state index contributed by atoms with van der Waals surface area (Å²) in [7, 11) is 1.52. The van der Waals surface area contributed by atoms with Gasteiger partial charge in [-0.05, 0) is 48.2 Å². The maximum Gasteiger partial charge on any atom is 0.416 e. The van der Waals surface area contributed by atoms with Gasteiger partial charge in [0.15, 0.2) is 18.1 Å². The number of amides is 1. The second-order valence-corrected chi connectivity index (χ2v) is 6.06. The first kappa shape index (κ1) is 21.3. The maximum absolute atomic E-state index is 12.5. The molecule has 0 aliphatic rings. The lowest BCUT2D eigenvalue weighted by Crippen LogP contribution is -2.30. The van der Waals surface area contributed by atoms with E-state index in [9.17, 15) is 18.0 Å². The predicted molar refractivity (Wildman–Crippen MR) is 101 cm³/mol. The van der Waals surface area contributed by atoms with Gasteiger partial charge in [0.2, 0.25) is 0 Å². The van der Waals surface area contributed by atoms with Gasteiger partial charge in [0.1, 0.15) is 0 Å². The summed E-state index contributed by atoms with van der Waals surface area (Å²) in [5, 5.41) is 2.68. The van der Waals surface area contributed by atoms with Crippen LogP contribution in [-0.2, 0) is 23.8 Å². The molecule has 0 radical (unpaired) electrons. The van der Waals surface area contributed by atoms with E-state index in [1.807, 2.05) is 12.1 Å². The van der Waals surface area contributed by atoms with Gasteiger partial charge in [-0.2, -0.15) is 13.2 Å². The highest BCUT2D eigenvalue weighted by atomic mass is 19.4. The fourth-order valence-corrected chi connectivity index (χ4v) is 2.53. The molecule has 1 amide bonds. The Hall–Kier alpha value is -2.96. The summed E-state index contributed by atoms with van der Waals surface area (Å²) < 4.78 is 48.4. The summed E-state index contributed by atoms with van der Waals surface area (Å²) in [4.78, 5) is 11.9. The number of alkyl halides is 3. The van der Waals surface area contributed by atoms with Crippen LogP contribution in [0.2, 0.25) is 0 Å². The van der Waals surface area contributed by atoms with E-state index in [4.69, 9.17) is 9.47 Å². The Balaban J connectivity index is 1.79. The van der Waals surface area contributed by atoms with Crippen molar-refractivity contribution in [2.45, 2.75) is 19.0 Å². The number of carbonyl (C=O) groups is 1. The zero-order chi connectivity index (χ0) is 20.6. The molecule has 0 aliphatic carbocycles. The average molecular weight is 393 g/mol. The van der Waals surface area contributed by atoms with E-state index >= 15 is 0 Å². The van der Waals surface area contributed by atoms with Gasteiger partial charge in [-0.15, -0.1) is 6.58 Å². The molecule has 0 atom stereocenters. The fraction of sp³-hybridized carbons (Fsp3) is 0.286. The van der Waals surface area contributed by atoms with Crippen molar-refractivity contribution in [1.82, 2.24) is 5.32 Å². The first-order valence-electron chi connectivity index (χ1n) is 8.67. The largest absolute Gasteiger partial charge is 0.493 e. The number of allylic oxidation sites excluding steroid dienone is 1. The Kier molecular flexibility index (Phi) is 7.49. The quantitative estimate of drug-likeness (QED) is 0.650. The smallest absolute Gasteiger partial charge is 0.416 e. The summed E-state index contributed by atoms with van der Waals surface area (Å²) in [5.41, 5.74) is 1.02. The number of rotatable bonds is 9. The lowest BCUT2D eigenvalue weighted by Gasteiger charge is -2.12. The van der Waals surface area contributed by atoms with Crippen LogP contribution in [0.5, 0.6) is 11.5 Å². The van der Waals surface area contributed by atoms with Gasteiger partial charge in [0, 0.05) is 6.54 Å². The lowest BCUT2D eigenvalue weighted by atomic mass is 10.1. The first-order valence-corrected chi connectivity index (χ1v) is 8.67. The highest BCUT2D eigenvalue weighted by Crippen LogP contribution is 2.29. The molecule has 2 rings (SSSR count). The number of methoxy groups -OCH3 is 1. The van der Waals surface area contributed by atoms with Crippen molar-refractivity contribution in [3.05, 3.63) is 71.8 Å². The molecule has 0 aromatic heterocycles. The molecule has 2 aromatic carbocycles. The molecule has 0 saturated carbocycles. The molecule has 0 spiro atoms. The first-order chi connectivity index (χ1) is 13.3. The number of nitrogens with one attached hydrogen (secondary N) is 1. The molecule has 0 saturated heterocycles. The Bertz CT molecular complexity index is 802. The molecule has 0 fully saturated rings. The molecule has 7 heteroatoms. The normalized spacial score (nSPS) is 11.0. The third-order valence-electron chi connectivity index (χ3n) is 3.98. The molecular formula is C21H22F3NO3. The highest BCUT2D eigenvalue weighted by Gasteiger charge is 2.29. The van der Waals surface area contributed by atoms with Gasteiger partial charge in [0.05, 0.1) is 12.7 Å². The second-order valence-electron chi connectivity index (χ2n) is 6.06. The lowest BCUT2D eigenvalue weighted by molar-refractivity contribution is -0.137. The van der Waals surface area contributed by atoms with Gasteiger partial charge in [-0.3, -0.25) is 4.79 Å². The molecule has 150 valence electrons. The summed E-state index contributed by atoms with van der Waals surface area (Å²) in [6.07, 6.45) is -1.46. The van der Waals surface area contributed by atoms with Crippen LogP contribution in [-0.4, -0.2) is 26.2 Å². The standard InChI is InChI=1S/C21H22F3NO3/c1-3-4-16-7-10-18(19(13-16)27-2)28-14-20(26)25-12-11-15-5-8-17(9-6-15)21(22,23)24/h3,5-10,13H,1,4,11-12,14H2,2H3,(H,25,26). The number of benzene rings is 2. The van der Waals surface area contributed by atoms with Crippen molar-refractivity contribution >= 4 is 5.91 Å². The van der Waals surface area contributed by atoms with Crippen LogP contribution in [0.3, 0.4) is 0 Å². The summed E-state index contributed by atoms with van der Waals surface area (Å²) in [6, 6.07) is 10.3. The third-order valence-corrected chi connectivity index (χ3v) is 3.98. The van der Waals surface area contributed by atoms with E-state index in [0.29, 0.717) is 36.4 Å². The van der Waals surface area contributed by atoms with Crippen molar-refractivity contribution < 1.29 is 27.4 Å². The van der Waals surface area contributed by atoms with Crippen LogP contribution in [0.1, 0.15) is 16.7 Å². The van der Waals surface area contributed by atoms with Crippen LogP contribution in [0.15, 0.2) is 55.1 Å². The van der Waals surface area contributed by atoms with E-state index in [1.165, 1.54) is 19.2 Å². The summed E-state index contributed by atoms with van der Waals surface area (Å²) >= 11 is 0. The molecular weight excluding hydrogens is 371 g/mol. The number of halogens is 3. The fourth-order valence-electron chi connectivity index (χ4n) is 2.53. The Labute approximate surface area is 162 Å². The molecule has 0 bridgehead atoms. The zero-order valence-electron chi connectivity index (χ0n) is 15.5. The SMILES string of the molecule is C=CCc1ccc(OCC(=O)NCCc2ccc(C(F)(F)F)cc2)c(OC)c1. The van der Waals surface area contributed by atoms with Gasteiger partial charge < -0.3 is 14.8 Å². The molecule has 4 nitrogen and oxygen atoms in total. The minimum Gasteiger partial charge on any atom is -0.493 e. The Morgan fingerprint density at radius 2 is 1.79 bits per heavy atom. The number of ether oxygens (including phenoxy) is 2. The second kappa shape index (κ2) is 9.82. The zero-order valence-corrected chi connectivity index (χ0v) is 15.5. The van der Waals surface area contributed by atoms with E-state index in [0.717, 1.165) is 17.7 Å². The van der Waals surface area contributed by atoms with Crippen LogP contribution in [0, 0.1) is 0 Å². The van der Waals surface area contributed by atoms with Crippen molar-refractivity contribution in [1.29, 1.82) is 0 Å². The monoisotopic (exact) mass is 393 g/mol. The minimum atomic E-state index is -4.35. The van der Waals surface area contributed by atoms with Crippen LogP contribution in [0.25, 0.3) is 0 Å². The van der Waals surface area contributed by atoms with Crippen molar-refractivity contribution in [3.8, 4) is 11.5 Å². The van der Waals surface area contributed by atoms with Gasteiger partial charge in [0.25, 0.3) is 5.91 Å².